The van der Waals surface area contributed by atoms with Gasteiger partial charge in [-0.1, -0.05) is 5.16 Å². The van der Waals surface area contributed by atoms with Gasteiger partial charge in [0.2, 0.25) is 5.89 Å². The Morgan fingerprint density at radius 2 is 2.20 bits per heavy atom. The molecule has 1 aliphatic rings. The van der Waals surface area contributed by atoms with E-state index in [4.69, 9.17) is 4.52 Å². The summed E-state index contributed by atoms with van der Waals surface area (Å²) in [5.41, 5.74) is 2.87. The van der Waals surface area contributed by atoms with Crippen molar-refractivity contribution in [2.45, 2.75) is 39.2 Å². The number of nitriles is 1. The molecule has 102 valence electrons. The molecule has 0 bridgehead atoms. The van der Waals surface area contributed by atoms with Crippen molar-refractivity contribution >= 4 is 5.82 Å². The molecule has 2 aromatic rings. The normalized spacial score (nSPS) is 13.6. The van der Waals surface area contributed by atoms with Crippen LogP contribution >= 0.6 is 0 Å². The highest BCUT2D eigenvalue weighted by atomic mass is 16.5. The first-order chi connectivity index (χ1) is 9.76. The van der Waals surface area contributed by atoms with Crippen molar-refractivity contribution in [2.75, 3.05) is 5.32 Å². The molecular weight excluding hydrogens is 254 g/mol. The molecule has 1 aliphatic carbocycles. The van der Waals surface area contributed by atoms with E-state index >= 15 is 0 Å². The third kappa shape index (κ3) is 2.48. The van der Waals surface area contributed by atoms with Crippen molar-refractivity contribution in [3.63, 3.8) is 0 Å². The predicted molar refractivity (Wildman–Crippen MR) is 72.0 cm³/mol. The van der Waals surface area contributed by atoms with E-state index < -0.39 is 0 Å². The standard InChI is InChI=1S/C14H15N5O/c1-9-17-13(20-19-9)8-16-14-11(7-15)6-10-4-2-3-5-12(10)18-14/h6H,2-5,8H2,1H3,(H,16,18). The monoisotopic (exact) mass is 269 g/mol. The van der Waals surface area contributed by atoms with Gasteiger partial charge < -0.3 is 9.84 Å². The average molecular weight is 269 g/mol. The maximum Gasteiger partial charge on any atom is 0.245 e. The van der Waals surface area contributed by atoms with Crippen LogP contribution in [-0.2, 0) is 19.4 Å². The van der Waals surface area contributed by atoms with Crippen LogP contribution in [0.1, 0.15) is 41.4 Å². The van der Waals surface area contributed by atoms with E-state index in [-0.39, 0.29) is 0 Å². The summed E-state index contributed by atoms with van der Waals surface area (Å²) in [5, 5.41) is 16.1. The minimum Gasteiger partial charge on any atom is -0.360 e. The lowest BCUT2D eigenvalue weighted by Gasteiger charge is -2.16. The van der Waals surface area contributed by atoms with E-state index in [2.05, 4.69) is 26.5 Å². The molecule has 20 heavy (non-hydrogen) atoms. The third-order valence-corrected chi connectivity index (χ3v) is 3.40. The highest BCUT2D eigenvalue weighted by molar-refractivity contribution is 5.54. The fraction of sp³-hybridized carbons (Fsp3) is 0.429. The number of hydrogen-bond acceptors (Lipinski definition) is 6. The van der Waals surface area contributed by atoms with Crippen LogP contribution in [0.3, 0.4) is 0 Å². The Morgan fingerprint density at radius 3 is 2.95 bits per heavy atom. The van der Waals surface area contributed by atoms with Crippen molar-refractivity contribution in [3.05, 3.63) is 34.6 Å². The number of aromatic nitrogens is 3. The Kier molecular flexibility index (Phi) is 3.33. The number of nitrogens with zero attached hydrogens (tertiary/aromatic N) is 4. The summed E-state index contributed by atoms with van der Waals surface area (Å²) in [4.78, 5) is 8.70. The number of nitrogens with one attached hydrogen (secondary N) is 1. The minimum absolute atomic E-state index is 0.376. The number of hydrogen-bond donors (Lipinski definition) is 1. The van der Waals surface area contributed by atoms with Crippen molar-refractivity contribution in [1.82, 2.24) is 15.1 Å². The predicted octanol–water partition coefficient (Wildman–Crippen LogP) is 2.14. The molecule has 1 N–H and O–H groups in total. The highest BCUT2D eigenvalue weighted by Gasteiger charge is 2.15. The van der Waals surface area contributed by atoms with Gasteiger partial charge in [0.05, 0.1) is 12.1 Å². The van der Waals surface area contributed by atoms with Gasteiger partial charge in [-0.3, -0.25) is 0 Å². The molecule has 2 heterocycles. The first-order valence-electron chi connectivity index (χ1n) is 6.72. The zero-order valence-corrected chi connectivity index (χ0v) is 11.3. The molecule has 0 spiro atoms. The maximum atomic E-state index is 9.24. The second-order valence-corrected chi connectivity index (χ2v) is 4.90. The molecule has 0 fully saturated rings. The number of aryl methyl sites for hydroxylation is 3. The van der Waals surface area contributed by atoms with E-state index in [9.17, 15) is 5.26 Å². The highest BCUT2D eigenvalue weighted by Crippen LogP contribution is 2.24. The van der Waals surface area contributed by atoms with Gasteiger partial charge in [0.25, 0.3) is 0 Å². The largest absolute Gasteiger partial charge is 0.360 e. The zero-order valence-electron chi connectivity index (χ0n) is 11.3. The molecule has 6 heteroatoms. The van der Waals surface area contributed by atoms with Gasteiger partial charge >= 0.3 is 0 Å². The Hall–Kier alpha value is -2.42. The molecule has 0 saturated heterocycles. The van der Waals surface area contributed by atoms with Crippen LogP contribution in [0.2, 0.25) is 0 Å². The van der Waals surface area contributed by atoms with Crippen molar-refractivity contribution < 1.29 is 4.52 Å². The molecular formula is C14H15N5O. The van der Waals surface area contributed by atoms with E-state index in [1.807, 2.05) is 6.07 Å². The van der Waals surface area contributed by atoms with Gasteiger partial charge in [0.15, 0.2) is 5.82 Å². The van der Waals surface area contributed by atoms with Crippen LogP contribution < -0.4 is 5.32 Å². The van der Waals surface area contributed by atoms with Gasteiger partial charge in [-0.2, -0.15) is 10.2 Å². The van der Waals surface area contributed by atoms with Gasteiger partial charge in [0.1, 0.15) is 11.9 Å². The van der Waals surface area contributed by atoms with E-state index in [0.29, 0.717) is 29.6 Å². The fourth-order valence-corrected chi connectivity index (χ4v) is 2.42. The summed E-state index contributed by atoms with van der Waals surface area (Å²) in [5.74, 6) is 1.69. The quantitative estimate of drug-likeness (QED) is 0.918. The summed E-state index contributed by atoms with van der Waals surface area (Å²) in [7, 11) is 0. The summed E-state index contributed by atoms with van der Waals surface area (Å²) >= 11 is 0. The molecule has 0 radical (unpaired) electrons. The van der Waals surface area contributed by atoms with Gasteiger partial charge in [0, 0.05) is 5.69 Å². The Balaban J connectivity index is 1.83. The summed E-state index contributed by atoms with van der Waals surface area (Å²) in [6, 6.07) is 4.14. The molecule has 0 amide bonds. The van der Waals surface area contributed by atoms with Crippen LogP contribution in [0.15, 0.2) is 10.6 Å². The van der Waals surface area contributed by atoms with Gasteiger partial charge in [-0.05, 0) is 44.2 Å². The molecule has 0 aromatic carbocycles. The van der Waals surface area contributed by atoms with Gasteiger partial charge in [-0.25, -0.2) is 4.98 Å². The maximum absolute atomic E-state index is 9.24. The first kappa shape index (κ1) is 12.6. The topological polar surface area (TPSA) is 87.6 Å². The van der Waals surface area contributed by atoms with Crippen LogP contribution in [0.4, 0.5) is 5.82 Å². The van der Waals surface area contributed by atoms with Gasteiger partial charge in [-0.15, -0.1) is 0 Å². The van der Waals surface area contributed by atoms with Crippen molar-refractivity contribution in [1.29, 1.82) is 5.26 Å². The molecule has 0 unspecified atom stereocenters. The van der Waals surface area contributed by atoms with Crippen molar-refractivity contribution in [3.8, 4) is 6.07 Å². The molecule has 0 aliphatic heterocycles. The zero-order chi connectivity index (χ0) is 13.9. The minimum atomic E-state index is 0.376. The Labute approximate surface area is 116 Å². The smallest absolute Gasteiger partial charge is 0.245 e. The SMILES string of the molecule is Cc1noc(CNc2nc3c(cc2C#N)CCCC3)n1. The number of rotatable bonds is 3. The lowest BCUT2D eigenvalue weighted by atomic mass is 9.95. The molecule has 2 aromatic heterocycles. The summed E-state index contributed by atoms with van der Waals surface area (Å²) in [6.45, 7) is 2.15. The second kappa shape index (κ2) is 5.29. The molecule has 0 atom stereocenters. The summed E-state index contributed by atoms with van der Waals surface area (Å²) < 4.78 is 5.04. The second-order valence-electron chi connectivity index (χ2n) is 4.90. The fourth-order valence-electron chi connectivity index (χ4n) is 2.42. The lowest BCUT2D eigenvalue weighted by molar-refractivity contribution is 0.379. The van der Waals surface area contributed by atoms with E-state index in [1.165, 1.54) is 12.0 Å². The molecule has 3 rings (SSSR count). The Bertz CT molecular complexity index is 671. The lowest BCUT2D eigenvalue weighted by Crippen LogP contribution is -2.11. The van der Waals surface area contributed by atoms with E-state index in [0.717, 1.165) is 25.0 Å². The van der Waals surface area contributed by atoms with Crippen LogP contribution in [-0.4, -0.2) is 15.1 Å². The summed E-state index contributed by atoms with van der Waals surface area (Å²) in [6.07, 6.45) is 4.33. The third-order valence-electron chi connectivity index (χ3n) is 3.40. The number of fused-ring (bicyclic) bond motifs is 1. The molecule has 0 saturated carbocycles. The number of anilines is 1. The van der Waals surface area contributed by atoms with Crippen molar-refractivity contribution in [2.24, 2.45) is 0 Å². The number of pyridine rings is 1. The van der Waals surface area contributed by atoms with Crippen LogP contribution in [0.25, 0.3) is 0 Å². The van der Waals surface area contributed by atoms with Crippen LogP contribution in [0, 0.1) is 18.3 Å². The van der Waals surface area contributed by atoms with E-state index in [1.54, 1.807) is 6.92 Å². The average Bonchev–Trinajstić information content (AvgIpc) is 2.89. The Morgan fingerprint density at radius 1 is 1.35 bits per heavy atom. The molecule has 6 nitrogen and oxygen atoms in total. The first-order valence-corrected chi connectivity index (χ1v) is 6.72. The van der Waals surface area contributed by atoms with Crippen LogP contribution in [0.5, 0.6) is 0 Å².